The first-order chi connectivity index (χ1) is 8.20. The summed E-state index contributed by atoms with van der Waals surface area (Å²) in [6, 6.07) is -0.164. The van der Waals surface area contributed by atoms with Crippen LogP contribution in [0, 0.1) is 0 Å². The first-order valence-electron chi connectivity index (χ1n) is 6.63. The molecule has 2 unspecified atom stereocenters. The maximum Gasteiger partial charge on any atom is 0.239 e. The van der Waals surface area contributed by atoms with E-state index in [-0.39, 0.29) is 18.1 Å². The number of amides is 1. The molecule has 2 N–H and O–H groups in total. The number of carbonyl (C=O) groups is 1. The highest BCUT2D eigenvalue weighted by Crippen LogP contribution is 2.11. The van der Waals surface area contributed by atoms with Crippen molar-refractivity contribution in [2.75, 3.05) is 39.3 Å². The summed E-state index contributed by atoms with van der Waals surface area (Å²) in [5, 5.41) is 12.5. The summed E-state index contributed by atoms with van der Waals surface area (Å²) in [6.07, 6.45) is 1.38. The van der Waals surface area contributed by atoms with Gasteiger partial charge in [0.25, 0.3) is 0 Å². The van der Waals surface area contributed by atoms with E-state index < -0.39 is 0 Å². The highest BCUT2D eigenvalue weighted by molar-refractivity contribution is 5.82. The predicted molar refractivity (Wildman–Crippen MR) is 65.7 cm³/mol. The Labute approximate surface area is 103 Å². The minimum Gasteiger partial charge on any atom is -0.392 e. The molecule has 0 bridgehead atoms. The van der Waals surface area contributed by atoms with E-state index in [0.717, 1.165) is 32.7 Å². The fourth-order valence-electron chi connectivity index (χ4n) is 2.63. The van der Waals surface area contributed by atoms with Crippen molar-refractivity contribution in [3.8, 4) is 0 Å². The first-order valence-corrected chi connectivity index (χ1v) is 6.63. The van der Waals surface area contributed by atoms with Gasteiger partial charge in [0.15, 0.2) is 0 Å². The van der Waals surface area contributed by atoms with E-state index in [1.54, 1.807) is 0 Å². The molecular weight excluding hydrogens is 218 g/mol. The monoisotopic (exact) mass is 241 g/mol. The lowest BCUT2D eigenvalue weighted by Crippen LogP contribution is -2.53. The van der Waals surface area contributed by atoms with E-state index in [4.69, 9.17) is 0 Å². The highest BCUT2D eigenvalue weighted by Gasteiger charge is 2.32. The molecule has 0 spiro atoms. The number of nitrogens with one attached hydrogen (secondary N) is 1. The number of nitrogens with zero attached hydrogens (tertiary/aromatic N) is 2. The SMILES string of the molecule is CCCN1CCN(C(=O)C2CC(O)CN2)CC1. The third-order valence-corrected chi connectivity index (χ3v) is 3.63. The number of hydrogen-bond donors (Lipinski definition) is 2. The molecule has 0 aliphatic carbocycles. The zero-order valence-electron chi connectivity index (χ0n) is 10.6. The largest absolute Gasteiger partial charge is 0.392 e. The number of aliphatic hydroxyl groups is 1. The number of carbonyl (C=O) groups excluding carboxylic acids is 1. The molecule has 2 aliphatic rings. The van der Waals surface area contributed by atoms with Gasteiger partial charge in [0.05, 0.1) is 12.1 Å². The number of aliphatic hydroxyl groups excluding tert-OH is 1. The average molecular weight is 241 g/mol. The van der Waals surface area contributed by atoms with Crippen molar-refractivity contribution < 1.29 is 9.90 Å². The van der Waals surface area contributed by atoms with Crippen molar-refractivity contribution in [2.24, 2.45) is 0 Å². The normalized spacial score (nSPS) is 30.8. The molecule has 2 heterocycles. The number of hydrogen-bond acceptors (Lipinski definition) is 4. The number of piperazine rings is 1. The number of β-amino-alcohol motifs (C(OH)–C–C–N with tert-alkyl or cyclic N) is 1. The molecule has 2 saturated heterocycles. The van der Waals surface area contributed by atoms with Gasteiger partial charge >= 0.3 is 0 Å². The van der Waals surface area contributed by atoms with Crippen molar-refractivity contribution in [3.05, 3.63) is 0 Å². The van der Waals surface area contributed by atoms with Gasteiger partial charge in [-0.15, -0.1) is 0 Å². The Balaban J connectivity index is 1.78. The van der Waals surface area contributed by atoms with Crippen molar-refractivity contribution in [3.63, 3.8) is 0 Å². The van der Waals surface area contributed by atoms with E-state index in [1.807, 2.05) is 4.90 Å². The fraction of sp³-hybridized carbons (Fsp3) is 0.917. The molecule has 98 valence electrons. The molecule has 2 aliphatic heterocycles. The van der Waals surface area contributed by atoms with Gasteiger partial charge in [-0.1, -0.05) is 6.92 Å². The standard InChI is InChI=1S/C12H23N3O2/c1-2-3-14-4-6-15(7-5-14)12(17)11-8-10(16)9-13-11/h10-11,13,16H,2-9H2,1H3. The molecule has 0 saturated carbocycles. The van der Waals surface area contributed by atoms with Gasteiger partial charge in [0, 0.05) is 32.7 Å². The summed E-state index contributed by atoms with van der Waals surface area (Å²) in [7, 11) is 0. The van der Waals surface area contributed by atoms with Crippen LogP contribution in [0.4, 0.5) is 0 Å². The van der Waals surface area contributed by atoms with Gasteiger partial charge in [0.1, 0.15) is 0 Å². The second-order valence-corrected chi connectivity index (χ2v) is 5.02. The van der Waals surface area contributed by atoms with E-state index in [0.29, 0.717) is 13.0 Å². The Kier molecular flexibility index (Phi) is 4.36. The lowest BCUT2D eigenvalue weighted by molar-refractivity contribution is -0.135. The first kappa shape index (κ1) is 12.8. The molecule has 0 aromatic carbocycles. The molecule has 2 fully saturated rings. The van der Waals surface area contributed by atoms with E-state index in [9.17, 15) is 9.90 Å². The zero-order valence-corrected chi connectivity index (χ0v) is 10.6. The van der Waals surface area contributed by atoms with Crippen LogP contribution in [0.3, 0.4) is 0 Å². The summed E-state index contributed by atoms with van der Waals surface area (Å²) >= 11 is 0. The Morgan fingerprint density at radius 2 is 2.06 bits per heavy atom. The van der Waals surface area contributed by atoms with Crippen LogP contribution in [0.5, 0.6) is 0 Å². The van der Waals surface area contributed by atoms with Crippen LogP contribution in [0.2, 0.25) is 0 Å². The van der Waals surface area contributed by atoms with E-state index in [2.05, 4.69) is 17.1 Å². The van der Waals surface area contributed by atoms with Crippen LogP contribution in [0.25, 0.3) is 0 Å². The van der Waals surface area contributed by atoms with Crippen molar-refractivity contribution >= 4 is 5.91 Å². The lowest BCUT2D eigenvalue weighted by atomic mass is 10.1. The van der Waals surface area contributed by atoms with Crippen LogP contribution in [-0.4, -0.2) is 72.2 Å². The second-order valence-electron chi connectivity index (χ2n) is 5.02. The van der Waals surface area contributed by atoms with Crippen LogP contribution >= 0.6 is 0 Å². The molecule has 2 rings (SSSR count). The Bertz CT molecular complexity index is 264. The molecule has 5 nitrogen and oxygen atoms in total. The van der Waals surface area contributed by atoms with Crippen molar-refractivity contribution in [1.82, 2.24) is 15.1 Å². The second kappa shape index (κ2) is 5.80. The third-order valence-electron chi connectivity index (χ3n) is 3.63. The van der Waals surface area contributed by atoms with Crippen LogP contribution in [0.15, 0.2) is 0 Å². The number of rotatable bonds is 3. The Morgan fingerprint density at radius 3 is 2.59 bits per heavy atom. The molecule has 17 heavy (non-hydrogen) atoms. The van der Waals surface area contributed by atoms with Crippen LogP contribution < -0.4 is 5.32 Å². The zero-order chi connectivity index (χ0) is 12.3. The van der Waals surface area contributed by atoms with Crippen molar-refractivity contribution in [2.45, 2.75) is 31.9 Å². The van der Waals surface area contributed by atoms with Gasteiger partial charge in [0.2, 0.25) is 5.91 Å². The maximum absolute atomic E-state index is 12.1. The fourth-order valence-corrected chi connectivity index (χ4v) is 2.63. The third kappa shape index (κ3) is 3.18. The molecule has 0 aromatic rings. The van der Waals surface area contributed by atoms with E-state index in [1.165, 1.54) is 6.42 Å². The molecule has 2 atom stereocenters. The van der Waals surface area contributed by atoms with Gasteiger partial charge in [-0.05, 0) is 19.4 Å². The van der Waals surface area contributed by atoms with Gasteiger partial charge in [-0.2, -0.15) is 0 Å². The van der Waals surface area contributed by atoms with Crippen LogP contribution in [0.1, 0.15) is 19.8 Å². The predicted octanol–water partition coefficient (Wildman–Crippen LogP) is -0.737. The van der Waals surface area contributed by atoms with E-state index >= 15 is 0 Å². The van der Waals surface area contributed by atoms with Gasteiger partial charge in [-0.3, -0.25) is 9.69 Å². The van der Waals surface area contributed by atoms with Crippen molar-refractivity contribution in [1.29, 1.82) is 0 Å². The molecule has 5 heteroatoms. The van der Waals surface area contributed by atoms with Gasteiger partial charge < -0.3 is 15.3 Å². The minimum atomic E-state index is -0.356. The molecule has 0 aromatic heterocycles. The Morgan fingerprint density at radius 1 is 1.35 bits per heavy atom. The summed E-state index contributed by atoms with van der Waals surface area (Å²) < 4.78 is 0. The molecule has 1 amide bonds. The summed E-state index contributed by atoms with van der Waals surface area (Å²) in [4.78, 5) is 16.5. The smallest absolute Gasteiger partial charge is 0.239 e. The van der Waals surface area contributed by atoms with Gasteiger partial charge in [-0.25, -0.2) is 0 Å². The Hall–Kier alpha value is -0.650. The quantitative estimate of drug-likeness (QED) is 0.683. The topological polar surface area (TPSA) is 55.8 Å². The molecule has 0 radical (unpaired) electrons. The summed E-state index contributed by atoms with van der Waals surface area (Å²) in [5.41, 5.74) is 0. The highest BCUT2D eigenvalue weighted by atomic mass is 16.3. The molecular formula is C12H23N3O2. The van der Waals surface area contributed by atoms with Crippen LogP contribution in [-0.2, 0) is 4.79 Å². The summed E-state index contributed by atoms with van der Waals surface area (Å²) in [6.45, 7) is 7.47. The minimum absolute atomic E-state index is 0.164. The average Bonchev–Trinajstić information content (AvgIpc) is 2.76. The maximum atomic E-state index is 12.1. The lowest BCUT2D eigenvalue weighted by Gasteiger charge is -2.35. The summed E-state index contributed by atoms with van der Waals surface area (Å²) in [5.74, 6) is 0.165.